The van der Waals surface area contributed by atoms with Crippen molar-refractivity contribution in [2.24, 2.45) is 5.73 Å². The Morgan fingerprint density at radius 2 is 2.23 bits per heavy atom. The Labute approximate surface area is 81.7 Å². The van der Waals surface area contributed by atoms with Gasteiger partial charge in [0.15, 0.2) is 0 Å². The smallest absolute Gasteiger partial charge is 0.232 e. The van der Waals surface area contributed by atoms with Gasteiger partial charge in [0, 0.05) is 29.1 Å². The number of hydrogen-bond donors (Lipinski definition) is 2. The minimum Gasteiger partial charge on any atom is -0.353 e. The first-order valence-electron chi connectivity index (χ1n) is 4.44. The second-order valence-electron chi connectivity index (χ2n) is 2.95. The lowest BCUT2D eigenvalue weighted by Gasteiger charge is -2.10. The predicted molar refractivity (Wildman–Crippen MR) is 54.8 cm³/mol. The molecular weight excluding hydrogens is 188 g/mol. The van der Waals surface area contributed by atoms with Crippen LogP contribution in [0.1, 0.15) is 20.3 Å². The molecule has 2 atom stereocenters. The van der Waals surface area contributed by atoms with Crippen molar-refractivity contribution in [3.63, 3.8) is 0 Å². The lowest BCUT2D eigenvalue weighted by molar-refractivity contribution is -0.119. The van der Waals surface area contributed by atoms with Crippen LogP contribution < -0.4 is 11.1 Å². The Kier molecular flexibility index (Phi) is 6.80. The second kappa shape index (κ2) is 7.03. The van der Waals surface area contributed by atoms with Crippen molar-refractivity contribution in [3.05, 3.63) is 0 Å². The molecule has 1 amide bonds. The van der Waals surface area contributed by atoms with Gasteiger partial charge in [-0.3, -0.25) is 9.00 Å². The van der Waals surface area contributed by atoms with E-state index in [0.717, 1.165) is 6.42 Å². The summed E-state index contributed by atoms with van der Waals surface area (Å²) in [4.78, 5) is 11.2. The van der Waals surface area contributed by atoms with Gasteiger partial charge in [-0.15, -0.1) is 0 Å². The van der Waals surface area contributed by atoms with Crippen LogP contribution in [0.2, 0.25) is 0 Å². The summed E-state index contributed by atoms with van der Waals surface area (Å²) >= 11 is 0. The van der Waals surface area contributed by atoms with E-state index in [2.05, 4.69) is 5.32 Å². The minimum atomic E-state index is -1.11. The lowest BCUT2D eigenvalue weighted by atomic mass is 10.3. The van der Waals surface area contributed by atoms with Crippen molar-refractivity contribution in [1.82, 2.24) is 5.32 Å². The van der Waals surface area contributed by atoms with Gasteiger partial charge in [-0.2, -0.15) is 0 Å². The van der Waals surface area contributed by atoms with Gasteiger partial charge in [0.25, 0.3) is 0 Å². The Balaban J connectivity index is 3.67. The van der Waals surface area contributed by atoms with E-state index in [9.17, 15) is 9.00 Å². The first-order chi connectivity index (χ1) is 6.10. The van der Waals surface area contributed by atoms with Crippen LogP contribution in [0.5, 0.6) is 0 Å². The first-order valence-corrected chi connectivity index (χ1v) is 5.93. The SMILES string of the molecule is CCC(C)NC(=O)CS(=O)CCN. The van der Waals surface area contributed by atoms with E-state index < -0.39 is 10.8 Å². The second-order valence-corrected chi connectivity index (χ2v) is 4.53. The third-order valence-corrected chi connectivity index (χ3v) is 2.93. The van der Waals surface area contributed by atoms with Crippen LogP contribution in [0.3, 0.4) is 0 Å². The number of amides is 1. The fraction of sp³-hybridized carbons (Fsp3) is 0.875. The zero-order valence-corrected chi connectivity index (χ0v) is 9.02. The predicted octanol–water partition coefficient (Wildman–Crippen LogP) is -0.391. The molecule has 78 valence electrons. The van der Waals surface area contributed by atoms with Crippen LogP contribution in [-0.2, 0) is 15.6 Å². The molecule has 5 heteroatoms. The molecule has 0 aromatic heterocycles. The molecule has 0 aliphatic carbocycles. The molecule has 0 saturated carbocycles. The monoisotopic (exact) mass is 206 g/mol. The van der Waals surface area contributed by atoms with E-state index in [1.165, 1.54) is 0 Å². The average molecular weight is 206 g/mol. The van der Waals surface area contributed by atoms with E-state index >= 15 is 0 Å². The summed E-state index contributed by atoms with van der Waals surface area (Å²) in [6.45, 7) is 4.27. The fourth-order valence-electron chi connectivity index (χ4n) is 0.768. The maximum Gasteiger partial charge on any atom is 0.232 e. The third kappa shape index (κ3) is 6.72. The van der Waals surface area contributed by atoms with Gasteiger partial charge in [-0.05, 0) is 13.3 Å². The molecule has 0 rings (SSSR count). The number of carbonyl (C=O) groups is 1. The largest absolute Gasteiger partial charge is 0.353 e. The molecule has 0 spiro atoms. The molecule has 4 nitrogen and oxygen atoms in total. The van der Waals surface area contributed by atoms with Crippen LogP contribution in [0.15, 0.2) is 0 Å². The molecular formula is C8H18N2O2S. The van der Waals surface area contributed by atoms with Crippen LogP contribution in [0.4, 0.5) is 0 Å². The summed E-state index contributed by atoms with van der Waals surface area (Å²) in [5, 5.41) is 2.75. The van der Waals surface area contributed by atoms with Crippen LogP contribution in [0, 0.1) is 0 Å². The van der Waals surface area contributed by atoms with Crippen LogP contribution in [-0.4, -0.2) is 34.2 Å². The zero-order valence-electron chi connectivity index (χ0n) is 8.21. The molecule has 0 aliphatic rings. The molecule has 0 fully saturated rings. The molecule has 0 aliphatic heterocycles. The molecule has 0 bridgehead atoms. The topological polar surface area (TPSA) is 72.2 Å². The van der Waals surface area contributed by atoms with Gasteiger partial charge >= 0.3 is 0 Å². The van der Waals surface area contributed by atoms with Gasteiger partial charge in [0.1, 0.15) is 5.75 Å². The highest BCUT2D eigenvalue weighted by atomic mass is 32.2. The van der Waals surface area contributed by atoms with Crippen molar-refractivity contribution in [2.75, 3.05) is 18.1 Å². The highest BCUT2D eigenvalue weighted by Gasteiger charge is 2.08. The standard InChI is InChI=1S/C8H18N2O2S/c1-3-7(2)10-8(11)6-13(12)5-4-9/h7H,3-6,9H2,1-2H3,(H,10,11). The van der Waals surface area contributed by atoms with E-state index in [4.69, 9.17) is 5.73 Å². The Hall–Kier alpha value is -0.420. The Bertz CT molecular complexity index is 185. The summed E-state index contributed by atoms with van der Waals surface area (Å²) in [7, 11) is -1.11. The molecule has 2 unspecified atom stereocenters. The van der Waals surface area contributed by atoms with Gasteiger partial charge in [0.05, 0.1) is 0 Å². The van der Waals surface area contributed by atoms with E-state index in [0.29, 0.717) is 12.3 Å². The van der Waals surface area contributed by atoms with Crippen molar-refractivity contribution in [1.29, 1.82) is 0 Å². The van der Waals surface area contributed by atoms with Gasteiger partial charge in [-0.1, -0.05) is 6.92 Å². The number of nitrogens with two attached hydrogens (primary N) is 1. The maximum atomic E-state index is 11.2. The van der Waals surface area contributed by atoms with Crippen LogP contribution in [0.25, 0.3) is 0 Å². The summed E-state index contributed by atoms with van der Waals surface area (Å²) in [6.07, 6.45) is 0.884. The van der Waals surface area contributed by atoms with Gasteiger partial charge in [0.2, 0.25) is 5.91 Å². The summed E-state index contributed by atoms with van der Waals surface area (Å²) in [6, 6.07) is 0.155. The Morgan fingerprint density at radius 1 is 1.62 bits per heavy atom. The minimum absolute atomic E-state index is 0.0710. The van der Waals surface area contributed by atoms with Gasteiger partial charge < -0.3 is 11.1 Å². The average Bonchev–Trinajstić information content (AvgIpc) is 2.04. The van der Waals surface area contributed by atoms with E-state index in [1.807, 2.05) is 13.8 Å². The fourth-order valence-corrected chi connectivity index (χ4v) is 1.55. The van der Waals surface area contributed by atoms with Gasteiger partial charge in [-0.25, -0.2) is 0 Å². The molecule has 0 aromatic carbocycles. The quantitative estimate of drug-likeness (QED) is 0.621. The summed E-state index contributed by atoms with van der Waals surface area (Å²) in [5.74, 6) is 0.316. The third-order valence-electron chi connectivity index (χ3n) is 1.66. The van der Waals surface area contributed by atoms with E-state index in [-0.39, 0.29) is 17.7 Å². The number of carbonyl (C=O) groups excluding carboxylic acids is 1. The zero-order chi connectivity index (χ0) is 10.3. The van der Waals surface area contributed by atoms with Crippen molar-refractivity contribution in [3.8, 4) is 0 Å². The molecule has 13 heavy (non-hydrogen) atoms. The normalized spacial score (nSPS) is 15.0. The van der Waals surface area contributed by atoms with Crippen molar-refractivity contribution in [2.45, 2.75) is 26.3 Å². The molecule has 0 radical (unpaired) electrons. The molecule has 0 aromatic rings. The summed E-state index contributed by atoms with van der Waals surface area (Å²) in [5.41, 5.74) is 5.21. The van der Waals surface area contributed by atoms with Crippen LogP contribution >= 0.6 is 0 Å². The van der Waals surface area contributed by atoms with Crippen molar-refractivity contribution >= 4 is 16.7 Å². The molecule has 0 heterocycles. The number of hydrogen-bond acceptors (Lipinski definition) is 3. The first kappa shape index (κ1) is 12.6. The van der Waals surface area contributed by atoms with E-state index in [1.54, 1.807) is 0 Å². The highest BCUT2D eigenvalue weighted by molar-refractivity contribution is 7.85. The number of nitrogens with one attached hydrogen (secondary N) is 1. The summed E-state index contributed by atoms with van der Waals surface area (Å²) < 4.78 is 11.1. The number of rotatable bonds is 6. The Morgan fingerprint density at radius 3 is 2.69 bits per heavy atom. The molecule has 3 N–H and O–H groups in total. The molecule has 0 saturated heterocycles. The maximum absolute atomic E-state index is 11.2. The van der Waals surface area contributed by atoms with Crippen molar-refractivity contribution < 1.29 is 9.00 Å². The highest BCUT2D eigenvalue weighted by Crippen LogP contribution is 1.88. The lowest BCUT2D eigenvalue weighted by Crippen LogP contribution is -2.36.